The summed E-state index contributed by atoms with van der Waals surface area (Å²) in [6.45, 7) is 0.327. The van der Waals surface area contributed by atoms with Crippen LogP contribution in [-0.2, 0) is 6.42 Å². The van der Waals surface area contributed by atoms with Crippen molar-refractivity contribution in [2.75, 3.05) is 6.54 Å². The maximum Gasteiger partial charge on any atom is 0.0845 e. The van der Waals surface area contributed by atoms with E-state index in [4.69, 9.17) is 5.26 Å². The number of nitriles is 1. The molecule has 1 aromatic carbocycles. The molecule has 0 aliphatic heterocycles. The molecule has 0 unspecified atom stereocenters. The second kappa shape index (κ2) is 7.03. The normalized spacial score (nSPS) is 11.8. The molecule has 96 valence electrons. The predicted molar refractivity (Wildman–Crippen MR) is 78.4 cm³/mol. The number of hydrogen-bond acceptors (Lipinski definition) is 3. The highest BCUT2D eigenvalue weighted by Gasteiger charge is 2.12. The third-order valence-corrected chi connectivity index (χ3v) is 3.37. The van der Waals surface area contributed by atoms with Crippen molar-refractivity contribution in [2.45, 2.75) is 12.5 Å². The highest BCUT2D eigenvalue weighted by molar-refractivity contribution is 9.10. The van der Waals surface area contributed by atoms with Gasteiger partial charge in [-0.05, 0) is 29.8 Å². The Morgan fingerprint density at radius 1 is 1.21 bits per heavy atom. The monoisotopic (exact) mass is 315 g/mol. The smallest absolute Gasteiger partial charge is 0.0845 e. The zero-order valence-electron chi connectivity index (χ0n) is 10.4. The van der Waals surface area contributed by atoms with E-state index < -0.39 is 0 Å². The molecule has 0 aliphatic rings. The van der Waals surface area contributed by atoms with Gasteiger partial charge in [0.1, 0.15) is 0 Å². The van der Waals surface area contributed by atoms with Crippen molar-refractivity contribution in [1.82, 2.24) is 10.3 Å². The van der Waals surface area contributed by atoms with Crippen molar-refractivity contribution in [3.05, 3.63) is 64.4 Å². The van der Waals surface area contributed by atoms with E-state index >= 15 is 0 Å². The second-order valence-electron chi connectivity index (χ2n) is 4.17. The molecule has 3 nitrogen and oxygen atoms in total. The van der Waals surface area contributed by atoms with Gasteiger partial charge in [-0.25, -0.2) is 0 Å². The van der Waals surface area contributed by atoms with Gasteiger partial charge < -0.3 is 0 Å². The largest absolute Gasteiger partial charge is 0.297 e. The van der Waals surface area contributed by atoms with Crippen molar-refractivity contribution in [1.29, 1.82) is 5.26 Å². The van der Waals surface area contributed by atoms with Gasteiger partial charge in [0, 0.05) is 28.8 Å². The maximum absolute atomic E-state index is 8.74. The summed E-state index contributed by atoms with van der Waals surface area (Å²) >= 11 is 3.43. The number of rotatable bonds is 5. The molecule has 0 radical (unpaired) electrons. The molecule has 0 saturated carbocycles. The lowest BCUT2D eigenvalue weighted by Gasteiger charge is -2.17. The van der Waals surface area contributed by atoms with Crippen molar-refractivity contribution >= 4 is 15.9 Å². The third kappa shape index (κ3) is 4.16. The number of hydrogen-bond donors (Lipinski definition) is 1. The fraction of sp³-hybridized carbons (Fsp3) is 0.200. The third-order valence-electron chi connectivity index (χ3n) is 2.84. The van der Waals surface area contributed by atoms with Crippen molar-refractivity contribution < 1.29 is 0 Å². The lowest BCUT2D eigenvalue weighted by molar-refractivity contribution is 0.561. The van der Waals surface area contributed by atoms with E-state index in [1.165, 1.54) is 0 Å². The summed E-state index contributed by atoms with van der Waals surface area (Å²) in [5, 5.41) is 12.0. The van der Waals surface area contributed by atoms with Crippen LogP contribution in [0.15, 0.2) is 53.1 Å². The first-order valence-corrected chi connectivity index (χ1v) is 6.84. The number of halogens is 1. The zero-order valence-corrected chi connectivity index (χ0v) is 12.0. The summed E-state index contributed by atoms with van der Waals surface area (Å²) in [6.07, 6.45) is 2.56. The van der Waals surface area contributed by atoms with E-state index in [2.05, 4.69) is 44.4 Å². The van der Waals surface area contributed by atoms with Gasteiger partial charge in [-0.2, -0.15) is 5.26 Å². The van der Waals surface area contributed by atoms with Crippen molar-refractivity contribution in [3.8, 4) is 6.07 Å². The highest BCUT2D eigenvalue weighted by atomic mass is 79.9. The molecule has 0 spiro atoms. The summed E-state index contributed by atoms with van der Waals surface area (Å²) in [4.78, 5) is 4.34. The van der Waals surface area contributed by atoms with Gasteiger partial charge in [0.05, 0.1) is 12.6 Å². The quantitative estimate of drug-likeness (QED) is 0.862. The molecule has 19 heavy (non-hydrogen) atoms. The molecule has 1 N–H and O–H groups in total. The minimum Gasteiger partial charge on any atom is -0.297 e. The van der Waals surface area contributed by atoms with E-state index in [-0.39, 0.29) is 6.04 Å². The summed E-state index contributed by atoms with van der Waals surface area (Å²) in [5.74, 6) is 0. The fourth-order valence-corrected chi connectivity index (χ4v) is 2.16. The molecule has 2 rings (SSSR count). The SMILES string of the molecule is N#CCN[C@H](Cc1ccccn1)c1ccc(Br)cc1. The molecule has 2 aromatic rings. The van der Waals surface area contributed by atoms with Gasteiger partial charge in [0.2, 0.25) is 0 Å². The molecule has 1 heterocycles. The van der Waals surface area contributed by atoms with E-state index in [0.717, 1.165) is 22.2 Å². The van der Waals surface area contributed by atoms with Gasteiger partial charge in [-0.15, -0.1) is 0 Å². The van der Waals surface area contributed by atoms with Crippen LogP contribution in [0.1, 0.15) is 17.3 Å². The zero-order chi connectivity index (χ0) is 13.5. The molecule has 0 saturated heterocycles. The van der Waals surface area contributed by atoms with Crippen LogP contribution in [0.3, 0.4) is 0 Å². The van der Waals surface area contributed by atoms with Gasteiger partial charge in [-0.3, -0.25) is 10.3 Å². The molecule has 0 aliphatic carbocycles. The predicted octanol–water partition coefficient (Wildman–Crippen LogP) is 3.24. The molecular formula is C15H14BrN3. The van der Waals surface area contributed by atoms with E-state index in [0.29, 0.717) is 6.54 Å². The topological polar surface area (TPSA) is 48.7 Å². The molecule has 0 bridgehead atoms. The van der Waals surface area contributed by atoms with Gasteiger partial charge >= 0.3 is 0 Å². The summed E-state index contributed by atoms with van der Waals surface area (Å²) in [7, 11) is 0. The van der Waals surface area contributed by atoms with Gasteiger partial charge in [-0.1, -0.05) is 34.1 Å². The summed E-state index contributed by atoms with van der Waals surface area (Å²) < 4.78 is 1.05. The average molecular weight is 316 g/mol. The lowest BCUT2D eigenvalue weighted by atomic mass is 10.0. The Kier molecular flexibility index (Phi) is 5.08. The average Bonchev–Trinajstić information content (AvgIpc) is 2.45. The Morgan fingerprint density at radius 2 is 2.00 bits per heavy atom. The number of pyridine rings is 1. The minimum absolute atomic E-state index is 0.0997. The number of aromatic nitrogens is 1. The molecule has 4 heteroatoms. The molecule has 0 amide bonds. The Labute approximate surface area is 121 Å². The molecule has 1 aromatic heterocycles. The van der Waals surface area contributed by atoms with Crippen LogP contribution in [0.25, 0.3) is 0 Å². The van der Waals surface area contributed by atoms with E-state index in [1.54, 1.807) is 6.20 Å². The Bertz CT molecular complexity index is 546. The van der Waals surface area contributed by atoms with Crippen LogP contribution in [0, 0.1) is 11.3 Å². The highest BCUT2D eigenvalue weighted by Crippen LogP contribution is 2.20. The van der Waals surface area contributed by atoms with Crippen LogP contribution in [0.5, 0.6) is 0 Å². The first-order valence-electron chi connectivity index (χ1n) is 6.05. The van der Waals surface area contributed by atoms with Gasteiger partial charge in [0.25, 0.3) is 0 Å². The second-order valence-corrected chi connectivity index (χ2v) is 5.08. The fourth-order valence-electron chi connectivity index (χ4n) is 1.90. The van der Waals surface area contributed by atoms with E-state index in [9.17, 15) is 0 Å². The molecule has 0 fully saturated rings. The summed E-state index contributed by atoms with van der Waals surface area (Å²) in [6, 6.07) is 16.2. The van der Waals surface area contributed by atoms with Crippen LogP contribution in [0.4, 0.5) is 0 Å². The van der Waals surface area contributed by atoms with E-state index in [1.807, 2.05) is 30.3 Å². The van der Waals surface area contributed by atoms with Crippen molar-refractivity contribution in [3.63, 3.8) is 0 Å². The Morgan fingerprint density at radius 3 is 2.63 bits per heavy atom. The lowest BCUT2D eigenvalue weighted by Crippen LogP contribution is -2.24. The first-order chi connectivity index (χ1) is 9.29. The Hall–Kier alpha value is -1.70. The maximum atomic E-state index is 8.74. The minimum atomic E-state index is 0.0997. The van der Waals surface area contributed by atoms with Gasteiger partial charge in [0.15, 0.2) is 0 Å². The summed E-state index contributed by atoms with van der Waals surface area (Å²) in [5.41, 5.74) is 2.17. The van der Waals surface area contributed by atoms with Crippen LogP contribution in [0.2, 0.25) is 0 Å². The number of benzene rings is 1. The standard InChI is InChI=1S/C15H14BrN3/c16-13-6-4-12(5-7-13)15(19-10-8-17)11-14-3-1-2-9-18-14/h1-7,9,15,19H,10-11H2/t15-/m1/s1. The number of nitrogens with zero attached hydrogens (tertiary/aromatic N) is 2. The Balaban J connectivity index is 2.16. The van der Waals surface area contributed by atoms with Crippen LogP contribution < -0.4 is 5.32 Å². The molecular weight excluding hydrogens is 302 g/mol. The van der Waals surface area contributed by atoms with Crippen LogP contribution in [-0.4, -0.2) is 11.5 Å². The van der Waals surface area contributed by atoms with Crippen LogP contribution >= 0.6 is 15.9 Å². The van der Waals surface area contributed by atoms with Crippen molar-refractivity contribution in [2.24, 2.45) is 0 Å². The first kappa shape index (κ1) is 13.7. The number of nitrogens with one attached hydrogen (secondary N) is 1. The molecule has 1 atom stereocenters.